The molecule has 4 aromatic rings. The minimum absolute atomic E-state index is 0.300. The van der Waals surface area contributed by atoms with E-state index in [4.69, 9.17) is 14.2 Å². The molecule has 0 saturated carbocycles. The third kappa shape index (κ3) is 4.05. The average molecular weight is 600 g/mol. The Morgan fingerprint density at radius 3 is 2.07 bits per heavy atom. The van der Waals surface area contributed by atoms with Crippen LogP contribution < -0.4 is 19.1 Å². The van der Waals surface area contributed by atoms with E-state index < -0.39 is 29.4 Å². The van der Waals surface area contributed by atoms with Gasteiger partial charge in [0.2, 0.25) is 0 Å². The zero-order valence-electron chi connectivity index (χ0n) is 24.9. The van der Waals surface area contributed by atoms with Crippen molar-refractivity contribution in [3.63, 3.8) is 0 Å². The quantitative estimate of drug-likeness (QED) is 0.116. The third-order valence-electron chi connectivity index (χ3n) is 9.15. The van der Waals surface area contributed by atoms with Gasteiger partial charge < -0.3 is 19.1 Å². The van der Waals surface area contributed by atoms with Gasteiger partial charge in [0.1, 0.15) is 28.7 Å². The number of carbonyl (C=O) groups is 4. The summed E-state index contributed by atoms with van der Waals surface area (Å²) in [6.45, 7) is 1.30. The van der Waals surface area contributed by atoms with Crippen molar-refractivity contribution >= 4 is 35.1 Å². The van der Waals surface area contributed by atoms with Crippen LogP contribution in [0, 0.1) is 5.41 Å². The number of esters is 1. The molecule has 0 amide bonds. The molecule has 224 valence electrons. The highest BCUT2D eigenvalue weighted by Gasteiger charge is 2.72. The molecular formula is C37H29NO7. The second kappa shape index (κ2) is 10.6. The molecule has 45 heavy (non-hydrogen) atoms. The summed E-state index contributed by atoms with van der Waals surface area (Å²) in [6, 6.07) is 24.2. The standard InChI is InChI=1S/C37H29NO7/c1-21(39)45-24-15-12-23(13-16-24)34(40)33-32(28-20-25(43-2)17-18-30(28)44-3)37(35(41)26-9-5-6-10-27(26)36(37)42)31-19-14-22-8-4-7-11-29(22)38(31)33/h4-20,31-33H,1-3H3/t31-,32+,33-/m1/s1. The van der Waals surface area contributed by atoms with Crippen LogP contribution in [-0.2, 0) is 4.79 Å². The molecule has 8 heteroatoms. The first kappa shape index (κ1) is 28.3. The van der Waals surface area contributed by atoms with Gasteiger partial charge in [-0.1, -0.05) is 54.6 Å². The van der Waals surface area contributed by atoms with Crippen molar-refractivity contribution in [1.82, 2.24) is 0 Å². The molecule has 0 unspecified atom stereocenters. The van der Waals surface area contributed by atoms with E-state index in [9.17, 15) is 19.2 Å². The van der Waals surface area contributed by atoms with E-state index in [1.54, 1.807) is 66.7 Å². The van der Waals surface area contributed by atoms with Crippen molar-refractivity contribution in [3.8, 4) is 17.2 Å². The maximum atomic E-state index is 14.9. The number of carbonyl (C=O) groups excluding carboxylic acids is 4. The molecule has 3 aliphatic rings. The Morgan fingerprint density at radius 1 is 0.778 bits per heavy atom. The van der Waals surface area contributed by atoms with E-state index >= 15 is 0 Å². The van der Waals surface area contributed by atoms with Crippen LogP contribution in [0.2, 0.25) is 0 Å². The first-order valence-electron chi connectivity index (χ1n) is 14.6. The minimum atomic E-state index is -1.69. The number of hydrogen-bond donors (Lipinski definition) is 0. The number of hydrogen-bond acceptors (Lipinski definition) is 8. The number of benzene rings is 4. The first-order valence-corrected chi connectivity index (χ1v) is 14.6. The Balaban J connectivity index is 1.53. The van der Waals surface area contributed by atoms with Gasteiger partial charge in [0.05, 0.1) is 20.3 Å². The van der Waals surface area contributed by atoms with Crippen molar-refractivity contribution in [1.29, 1.82) is 0 Å². The van der Waals surface area contributed by atoms with E-state index in [0.717, 1.165) is 11.3 Å². The molecule has 4 aromatic carbocycles. The molecule has 0 aromatic heterocycles. The number of para-hydroxylation sites is 1. The van der Waals surface area contributed by atoms with E-state index in [1.165, 1.54) is 21.1 Å². The zero-order valence-corrected chi connectivity index (χ0v) is 24.9. The number of methoxy groups -OCH3 is 2. The van der Waals surface area contributed by atoms with Gasteiger partial charge in [-0.15, -0.1) is 0 Å². The highest BCUT2D eigenvalue weighted by molar-refractivity contribution is 6.32. The van der Waals surface area contributed by atoms with Gasteiger partial charge in [0.15, 0.2) is 17.3 Å². The molecule has 2 aliphatic heterocycles. The van der Waals surface area contributed by atoms with Crippen LogP contribution in [0.5, 0.6) is 17.2 Å². The summed E-state index contributed by atoms with van der Waals surface area (Å²) in [7, 11) is 3.06. The molecule has 1 aliphatic carbocycles. The SMILES string of the molecule is COc1ccc(OC)c([C@H]2[C@H](C(=O)c3ccc(OC(C)=O)cc3)N3c4ccccc4C=C[C@@H]3C23C(=O)c2ccccc2C3=O)c1. The van der Waals surface area contributed by atoms with Gasteiger partial charge in [-0.25, -0.2) is 0 Å². The van der Waals surface area contributed by atoms with Crippen LogP contribution in [0.25, 0.3) is 6.08 Å². The Labute approximate surface area is 259 Å². The predicted octanol–water partition coefficient (Wildman–Crippen LogP) is 5.95. The molecule has 7 rings (SSSR count). The summed E-state index contributed by atoms with van der Waals surface area (Å²) in [5.74, 6) is -1.21. The number of Topliss-reactive ketones (excluding diaryl/α,β-unsaturated/α-hetero) is 3. The molecule has 1 spiro atoms. The van der Waals surface area contributed by atoms with Gasteiger partial charge >= 0.3 is 5.97 Å². The topological polar surface area (TPSA) is 99.2 Å². The second-order valence-electron chi connectivity index (χ2n) is 11.4. The van der Waals surface area contributed by atoms with Crippen molar-refractivity contribution in [2.45, 2.75) is 24.9 Å². The number of ether oxygens (including phenoxy) is 3. The van der Waals surface area contributed by atoms with E-state index in [2.05, 4.69) is 0 Å². The Morgan fingerprint density at radius 2 is 1.42 bits per heavy atom. The maximum Gasteiger partial charge on any atom is 0.308 e. The monoisotopic (exact) mass is 599 g/mol. The van der Waals surface area contributed by atoms with Crippen LogP contribution >= 0.6 is 0 Å². The lowest BCUT2D eigenvalue weighted by Crippen LogP contribution is -2.48. The van der Waals surface area contributed by atoms with Crippen molar-refractivity contribution in [2.75, 3.05) is 19.1 Å². The fourth-order valence-corrected chi connectivity index (χ4v) is 7.37. The highest BCUT2D eigenvalue weighted by atomic mass is 16.5. The number of fused-ring (bicyclic) bond motifs is 5. The smallest absolute Gasteiger partial charge is 0.308 e. The van der Waals surface area contributed by atoms with E-state index in [0.29, 0.717) is 39.5 Å². The molecule has 3 atom stereocenters. The van der Waals surface area contributed by atoms with Gasteiger partial charge in [-0.3, -0.25) is 19.2 Å². The fourth-order valence-electron chi connectivity index (χ4n) is 7.37. The Kier molecular flexibility index (Phi) is 6.66. The number of ketones is 3. The molecule has 0 bridgehead atoms. The third-order valence-corrected chi connectivity index (χ3v) is 9.15. The summed E-state index contributed by atoms with van der Waals surface area (Å²) in [5, 5.41) is 0. The first-order chi connectivity index (χ1) is 21.8. The normalized spacial score (nSPS) is 20.4. The summed E-state index contributed by atoms with van der Waals surface area (Å²) in [4.78, 5) is 58.2. The van der Waals surface area contributed by atoms with Gasteiger partial charge in [0, 0.05) is 40.8 Å². The minimum Gasteiger partial charge on any atom is -0.497 e. The Hall–Kier alpha value is -5.50. The van der Waals surface area contributed by atoms with Gasteiger partial charge in [0.25, 0.3) is 0 Å². The van der Waals surface area contributed by atoms with E-state index in [1.807, 2.05) is 41.3 Å². The number of nitrogens with zero attached hydrogens (tertiary/aromatic N) is 1. The molecule has 8 nitrogen and oxygen atoms in total. The lowest BCUT2D eigenvalue weighted by molar-refractivity contribution is -0.131. The summed E-state index contributed by atoms with van der Waals surface area (Å²) >= 11 is 0. The molecule has 2 heterocycles. The van der Waals surface area contributed by atoms with Gasteiger partial charge in [-0.2, -0.15) is 0 Å². The summed E-state index contributed by atoms with van der Waals surface area (Å²) in [5.41, 5.74) is 1.43. The van der Waals surface area contributed by atoms with Crippen molar-refractivity contribution < 1.29 is 33.4 Å². The average Bonchev–Trinajstić information content (AvgIpc) is 3.50. The summed E-state index contributed by atoms with van der Waals surface area (Å²) < 4.78 is 16.6. The lowest BCUT2D eigenvalue weighted by atomic mass is 9.64. The molecular weight excluding hydrogens is 570 g/mol. The molecule has 0 N–H and O–H groups in total. The van der Waals surface area contributed by atoms with Crippen LogP contribution in [0.3, 0.4) is 0 Å². The maximum absolute atomic E-state index is 14.9. The summed E-state index contributed by atoms with van der Waals surface area (Å²) in [6.07, 6.45) is 3.79. The number of anilines is 1. The fraction of sp³-hybridized carbons (Fsp3) is 0.189. The molecule has 1 fully saturated rings. The number of rotatable bonds is 6. The second-order valence-corrected chi connectivity index (χ2v) is 11.4. The highest BCUT2D eigenvalue weighted by Crippen LogP contribution is 2.62. The lowest BCUT2D eigenvalue weighted by Gasteiger charge is -2.37. The van der Waals surface area contributed by atoms with Crippen LogP contribution in [0.15, 0.2) is 97.1 Å². The van der Waals surface area contributed by atoms with E-state index in [-0.39, 0.29) is 17.3 Å². The predicted molar refractivity (Wildman–Crippen MR) is 167 cm³/mol. The van der Waals surface area contributed by atoms with Crippen molar-refractivity contribution in [3.05, 3.63) is 125 Å². The Bertz CT molecular complexity index is 1890. The van der Waals surface area contributed by atoms with Crippen LogP contribution in [0.4, 0.5) is 5.69 Å². The van der Waals surface area contributed by atoms with Crippen LogP contribution in [0.1, 0.15) is 55.0 Å². The molecule has 0 radical (unpaired) electrons. The van der Waals surface area contributed by atoms with Crippen LogP contribution in [-0.4, -0.2) is 49.6 Å². The molecule has 1 saturated heterocycles. The largest absolute Gasteiger partial charge is 0.497 e. The van der Waals surface area contributed by atoms with Crippen molar-refractivity contribution in [2.24, 2.45) is 5.41 Å². The van der Waals surface area contributed by atoms with Gasteiger partial charge in [-0.05, 0) is 54.1 Å². The zero-order chi connectivity index (χ0) is 31.5.